The molecule has 13 aromatic rings. The number of hydrogen-bond donors (Lipinski definition) is 0. The Labute approximate surface area is 376 Å². The van der Waals surface area contributed by atoms with E-state index < -0.39 is 0 Å². The van der Waals surface area contributed by atoms with Gasteiger partial charge in [0, 0.05) is 49.6 Å². The number of aromatic nitrogens is 1. The fourth-order valence-electron chi connectivity index (χ4n) is 10.2. The third kappa shape index (κ3) is 6.05. The number of para-hydroxylation sites is 6. The molecule has 0 amide bonds. The zero-order valence-electron chi connectivity index (χ0n) is 35.4. The SMILES string of the molecule is c1cc(-c2ccccc2-n2c3ccccc3c3ccccc32)cc(N(c2ccc(-c3ccc4c(ccc5ccccc54)c3)cc2)c2ccccc2-c2cccc3c2oc2ccccc23)c1. The maximum absolute atomic E-state index is 6.67. The molecule has 65 heavy (non-hydrogen) atoms. The predicted octanol–water partition coefficient (Wildman–Crippen LogP) is 17.5. The Balaban J connectivity index is 0.985. The molecule has 2 heterocycles. The monoisotopic (exact) mass is 828 g/mol. The van der Waals surface area contributed by atoms with Crippen molar-refractivity contribution in [2.45, 2.75) is 0 Å². The summed E-state index contributed by atoms with van der Waals surface area (Å²) in [4.78, 5) is 2.40. The summed E-state index contributed by atoms with van der Waals surface area (Å²) in [6.07, 6.45) is 0. The van der Waals surface area contributed by atoms with Gasteiger partial charge in [-0.05, 0) is 98.9 Å². The molecule has 304 valence electrons. The maximum Gasteiger partial charge on any atom is 0.143 e. The van der Waals surface area contributed by atoms with Crippen molar-refractivity contribution in [3.8, 4) is 39.1 Å². The molecule has 0 aliphatic heterocycles. The average molecular weight is 829 g/mol. The normalized spacial score (nSPS) is 11.7. The topological polar surface area (TPSA) is 21.3 Å². The lowest BCUT2D eigenvalue weighted by atomic mass is 9.96. The Bertz CT molecular complexity index is 3910. The summed E-state index contributed by atoms with van der Waals surface area (Å²) < 4.78 is 9.09. The van der Waals surface area contributed by atoms with Gasteiger partial charge < -0.3 is 13.9 Å². The number of benzene rings is 11. The van der Waals surface area contributed by atoms with Crippen LogP contribution in [0.25, 0.3) is 104 Å². The van der Waals surface area contributed by atoms with E-state index in [1.807, 2.05) is 6.07 Å². The Morgan fingerprint density at radius 2 is 0.923 bits per heavy atom. The molecule has 0 unspecified atom stereocenters. The van der Waals surface area contributed by atoms with Gasteiger partial charge in [0.1, 0.15) is 11.2 Å². The van der Waals surface area contributed by atoms with Crippen LogP contribution in [0, 0.1) is 0 Å². The fourth-order valence-corrected chi connectivity index (χ4v) is 10.2. The minimum absolute atomic E-state index is 0.884. The quantitative estimate of drug-likeness (QED) is 0.149. The van der Waals surface area contributed by atoms with Gasteiger partial charge in [-0.25, -0.2) is 0 Å². The minimum Gasteiger partial charge on any atom is -0.455 e. The molecule has 0 aliphatic carbocycles. The number of hydrogen-bond acceptors (Lipinski definition) is 2. The van der Waals surface area contributed by atoms with Crippen LogP contribution in [-0.4, -0.2) is 4.57 Å². The Kier molecular flexibility index (Phi) is 8.53. The molecule has 13 rings (SSSR count). The van der Waals surface area contributed by atoms with E-state index in [2.05, 4.69) is 246 Å². The lowest BCUT2D eigenvalue weighted by molar-refractivity contribution is 0.670. The zero-order valence-corrected chi connectivity index (χ0v) is 35.4. The van der Waals surface area contributed by atoms with E-state index in [1.165, 1.54) is 48.9 Å². The van der Waals surface area contributed by atoms with Crippen LogP contribution in [0.3, 0.4) is 0 Å². The third-order valence-corrected chi connectivity index (χ3v) is 13.2. The Morgan fingerprint density at radius 1 is 0.323 bits per heavy atom. The first-order valence-corrected chi connectivity index (χ1v) is 22.2. The Morgan fingerprint density at radius 3 is 1.75 bits per heavy atom. The fraction of sp³-hybridized carbons (Fsp3) is 0. The van der Waals surface area contributed by atoms with E-state index in [0.717, 1.165) is 72.5 Å². The van der Waals surface area contributed by atoms with Gasteiger partial charge in [0.15, 0.2) is 0 Å². The van der Waals surface area contributed by atoms with Crippen molar-refractivity contribution >= 4 is 82.4 Å². The van der Waals surface area contributed by atoms with Gasteiger partial charge in [0.05, 0.1) is 22.4 Å². The molecule has 0 N–H and O–H groups in total. The summed E-state index contributed by atoms with van der Waals surface area (Å²) in [5.41, 5.74) is 15.2. The van der Waals surface area contributed by atoms with E-state index >= 15 is 0 Å². The first-order chi connectivity index (χ1) is 32.2. The number of anilines is 3. The van der Waals surface area contributed by atoms with Crippen LogP contribution in [0.1, 0.15) is 0 Å². The largest absolute Gasteiger partial charge is 0.455 e. The number of nitrogens with zero attached hydrogens (tertiary/aromatic N) is 2. The second-order valence-electron chi connectivity index (χ2n) is 16.8. The molecule has 0 bridgehead atoms. The maximum atomic E-state index is 6.67. The van der Waals surface area contributed by atoms with Gasteiger partial charge in [-0.3, -0.25) is 0 Å². The van der Waals surface area contributed by atoms with Gasteiger partial charge in [0.25, 0.3) is 0 Å². The zero-order chi connectivity index (χ0) is 42.8. The van der Waals surface area contributed by atoms with E-state index in [-0.39, 0.29) is 0 Å². The summed E-state index contributed by atoms with van der Waals surface area (Å²) in [7, 11) is 0. The number of fused-ring (bicyclic) bond motifs is 9. The van der Waals surface area contributed by atoms with Crippen molar-refractivity contribution in [3.63, 3.8) is 0 Å². The molecule has 11 aromatic carbocycles. The van der Waals surface area contributed by atoms with E-state index in [4.69, 9.17) is 4.42 Å². The minimum atomic E-state index is 0.884. The summed E-state index contributed by atoms with van der Waals surface area (Å²) in [5.74, 6) is 0. The predicted molar refractivity (Wildman–Crippen MR) is 274 cm³/mol. The van der Waals surface area contributed by atoms with Gasteiger partial charge in [-0.15, -0.1) is 0 Å². The average Bonchev–Trinajstić information content (AvgIpc) is 3.93. The van der Waals surface area contributed by atoms with Crippen molar-refractivity contribution in [1.29, 1.82) is 0 Å². The van der Waals surface area contributed by atoms with E-state index in [0.29, 0.717) is 0 Å². The molecule has 0 radical (unpaired) electrons. The second kappa shape index (κ2) is 15.0. The van der Waals surface area contributed by atoms with E-state index in [1.54, 1.807) is 0 Å². The van der Waals surface area contributed by atoms with Crippen molar-refractivity contribution in [2.75, 3.05) is 4.90 Å². The first kappa shape index (κ1) is 36.9. The summed E-state index contributed by atoms with van der Waals surface area (Å²) in [6, 6.07) is 87.7. The molecule has 0 saturated heterocycles. The van der Waals surface area contributed by atoms with Crippen LogP contribution < -0.4 is 4.90 Å². The van der Waals surface area contributed by atoms with E-state index in [9.17, 15) is 0 Å². The van der Waals surface area contributed by atoms with Gasteiger partial charge in [-0.2, -0.15) is 0 Å². The van der Waals surface area contributed by atoms with Gasteiger partial charge in [-0.1, -0.05) is 182 Å². The van der Waals surface area contributed by atoms with Crippen molar-refractivity contribution in [2.24, 2.45) is 0 Å². The highest BCUT2D eigenvalue weighted by molar-refractivity contribution is 6.12. The third-order valence-electron chi connectivity index (χ3n) is 13.2. The number of furan rings is 1. The Hall–Kier alpha value is -8.66. The molecule has 0 saturated carbocycles. The van der Waals surface area contributed by atoms with Crippen LogP contribution in [-0.2, 0) is 0 Å². The van der Waals surface area contributed by atoms with Crippen LogP contribution in [0.15, 0.2) is 247 Å². The van der Waals surface area contributed by atoms with Gasteiger partial charge >= 0.3 is 0 Å². The summed E-state index contributed by atoms with van der Waals surface area (Å²) in [5, 5.41) is 9.75. The highest BCUT2D eigenvalue weighted by Gasteiger charge is 2.22. The molecular weight excluding hydrogens is 789 g/mol. The summed E-state index contributed by atoms with van der Waals surface area (Å²) >= 11 is 0. The molecule has 0 fully saturated rings. The lowest BCUT2D eigenvalue weighted by Gasteiger charge is -2.28. The molecule has 3 heteroatoms. The lowest BCUT2D eigenvalue weighted by Crippen LogP contribution is -2.11. The van der Waals surface area contributed by atoms with Crippen LogP contribution in [0.5, 0.6) is 0 Å². The van der Waals surface area contributed by atoms with Crippen LogP contribution in [0.2, 0.25) is 0 Å². The van der Waals surface area contributed by atoms with Gasteiger partial charge in [0.2, 0.25) is 0 Å². The first-order valence-electron chi connectivity index (χ1n) is 22.2. The number of rotatable bonds is 7. The van der Waals surface area contributed by atoms with Crippen molar-refractivity contribution in [3.05, 3.63) is 243 Å². The van der Waals surface area contributed by atoms with Crippen molar-refractivity contribution in [1.82, 2.24) is 4.57 Å². The van der Waals surface area contributed by atoms with Crippen molar-refractivity contribution < 1.29 is 4.42 Å². The van der Waals surface area contributed by atoms with Crippen LogP contribution in [0.4, 0.5) is 17.1 Å². The summed E-state index contributed by atoms with van der Waals surface area (Å²) in [6.45, 7) is 0. The molecule has 0 spiro atoms. The second-order valence-corrected chi connectivity index (χ2v) is 16.8. The van der Waals surface area contributed by atoms with Crippen LogP contribution >= 0.6 is 0 Å². The highest BCUT2D eigenvalue weighted by Crippen LogP contribution is 2.46. The molecule has 2 aromatic heterocycles. The molecule has 0 aliphatic rings. The molecular formula is C62H40N2O. The highest BCUT2D eigenvalue weighted by atomic mass is 16.3. The smallest absolute Gasteiger partial charge is 0.143 e. The molecule has 3 nitrogen and oxygen atoms in total. The standard InChI is InChI=1S/C62H40N2O/c1-2-18-48-42(15-1)31-32-45-39-43(35-38-49(45)48)41-33-36-46(37-34-41)63(58-27-9-6-22-53(58)55-24-14-25-56-54-23-7-12-30-61(54)65-62(55)56)47-17-13-16-44(40-47)50-19-3-8-26-57(50)64-59-28-10-4-20-51(59)52-21-5-11-29-60(52)64/h1-40H. The molecule has 0 atom stereocenters.